The van der Waals surface area contributed by atoms with E-state index in [0.717, 1.165) is 18.4 Å². The number of hydrogen-bond acceptors (Lipinski definition) is 3. The monoisotopic (exact) mass is 304 g/mol. The van der Waals surface area contributed by atoms with Gasteiger partial charge in [-0.3, -0.25) is 14.9 Å². The summed E-state index contributed by atoms with van der Waals surface area (Å²) >= 11 is 0. The number of carbonyl (C=O) groups excluding carboxylic acids is 1. The molecule has 5 heteroatoms. The van der Waals surface area contributed by atoms with Crippen molar-refractivity contribution in [2.24, 2.45) is 0 Å². The van der Waals surface area contributed by atoms with Crippen molar-refractivity contribution in [2.45, 2.75) is 45.4 Å². The van der Waals surface area contributed by atoms with E-state index in [4.69, 9.17) is 0 Å². The van der Waals surface area contributed by atoms with Gasteiger partial charge in [-0.2, -0.15) is 0 Å². The predicted molar refractivity (Wildman–Crippen MR) is 88.6 cm³/mol. The van der Waals surface area contributed by atoms with Crippen LogP contribution in [0, 0.1) is 10.1 Å². The van der Waals surface area contributed by atoms with Gasteiger partial charge in [0.15, 0.2) is 0 Å². The van der Waals surface area contributed by atoms with E-state index in [2.05, 4.69) is 25.7 Å². The molecule has 0 spiro atoms. The molecular weight excluding hydrogens is 280 g/mol. The highest BCUT2D eigenvalue weighted by Crippen LogP contribution is 2.35. The van der Waals surface area contributed by atoms with Crippen molar-refractivity contribution in [1.29, 1.82) is 0 Å². The fourth-order valence-corrected chi connectivity index (χ4v) is 2.61. The molecule has 1 aromatic rings. The lowest BCUT2D eigenvalue weighted by Crippen LogP contribution is -2.27. The van der Waals surface area contributed by atoms with Crippen LogP contribution in [0.3, 0.4) is 0 Å². The largest absolute Gasteiger partial charge is 0.322 e. The molecule has 0 unspecified atom stereocenters. The standard InChI is InChI=1S/C17H24N2O3/c1-5-17(6-2,11-12-19(21)22)14-7-9-15(10-8-14)18-16(20)13(3)4/h7-10H,3,5-6,11-12H2,1-2,4H3,(H,18,20). The van der Waals surface area contributed by atoms with Gasteiger partial charge in [0.1, 0.15) is 0 Å². The Morgan fingerprint density at radius 1 is 1.27 bits per heavy atom. The van der Waals surface area contributed by atoms with Crippen LogP contribution in [0.25, 0.3) is 0 Å². The smallest absolute Gasteiger partial charge is 0.250 e. The lowest BCUT2D eigenvalue weighted by atomic mass is 9.73. The number of carbonyl (C=O) groups is 1. The lowest BCUT2D eigenvalue weighted by Gasteiger charge is -2.31. The van der Waals surface area contributed by atoms with E-state index < -0.39 is 0 Å². The van der Waals surface area contributed by atoms with Crippen molar-refractivity contribution >= 4 is 11.6 Å². The number of nitro groups is 1. The molecule has 0 aliphatic rings. The van der Waals surface area contributed by atoms with E-state index in [1.54, 1.807) is 6.92 Å². The molecule has 1 amide bonds. The number of hydrogen-bond donors (Lipinski definition) is 1. The van der Waals surface area contributed by atoms with Crippen LogP contribution in [0.15, 0.2) is 36.4 Å². The van der Waals surface area contributed by atoms with Gasteiger partial charge in [-0.05, 0) is 37.5 Å². The molecule has 0 radical (unpaired) electrons. The zero-order chi connectivity index (χ0) is 16.8. The van der Waals surface area contributed by atoms with Gasteiger partial charge >= 0.3 is 0 Å². The minimum atomic E-state index is -0.262. The van der Waals surface area contributed by atoms with Crippen LogP contribution in [0.5, 0.6) is 0 Å². The van der Waals surface area contributed by atoms with Crippen LogP contribution in [0.1, 0.15) is 45.6 Å². The van der Waals surface area contributed by atoms with Gasteiger partial charge in [0.05, 0.1) is 0 Å². The molecule has 1 rings (SSSR count). The Labute approximate surface area is 131 Å². The highest BCUT2D eigenvalue weighted by atomic mass is 16.6. The molecule has 0 atom stereocenters. The van der Waals surface area contributed by atoms with Gasteiger partial charge < -0.3 is 5.32 Å². The van der Waals surface area contributed by atoms with Crippen LogP contribution in [0.2, 0.25) is 0 Å². The average molecular weight is 304 g/mol. The molecule has 0 fully saturated rings. The van der Waals surface area contributed by atoms with Crippen LogP contribution in [0.4, 0.5) is 5.69 Å². The number of anilines is 1. The third-order valence-corrected chi connectivity index (χ3v) is 4.27. The number of benzene rings is 1. The first-order valence-corrected chi connectivity index (χ1v) is 7.54. The molecule has 1 aromatic carbocycles. The molecule has 0 aliphatic heterocycles. The maximum absolute atomic E-state index is 11.6. The van der Waals surface area contributed by atoms with E-state index in [9.17, 15) is 14.9 Å². The Bertz CT molecular complexity index is 546. The second-order valence-corrected chi connectivity index (χ2v) is 5.61. The molecule has 5 nitrogen and oxygen atoms in total. The maximum Gasteiger partial charge on any atom is 0.250 e. The summed E-state index contributed by atoms with van der Waals surface area (Å²) in [5.74, 6) is -0.210. The number of nitrogens with zero attached hydrogens (tertiary/aromatic N) is 1. The highest BCUT2D eigenvalue weighted by molar-refractivity contribution is 6.02. The zero-order valence-corrected chi connectivity index (χ0v) is 13.5. The van der Waals surface area contributed by atoms with Gasteiger partial charge in [0.2, 0.25) is 6.54 Å². The molecule has 0 bridgehead atoms. The number of rotatable bonds is 8. The lowest BCUT2D eigenvalue weighted by molar-refractivity contribution is -0.482. The third kappa shape index (κ3) is 4.41. The maximum atomic E-state index is 11.6. The number of nitrogens with one attached hydrogen (secondary N) is 1. The molecular formula is C17H24N2O3. The quantitative estimate of drug-likeness (QED) is 0.449. The summed E-state index contributed by atoms with van der Waals surface area (Å²) in [7, 11) is 0. The van der Waals surface area contributed by atoms with E-state index >= 15 is 0 Å². The first kappa shape index (κ1) is 17.9. The van der Waals surface area contributed by atoms with Crippen LogP contribution >= 0.6 is 0 Å². The van der Waals surface area contributed by atoms with Crippen LogP contribution in [-0.2, 0) is 10.2 Å². The zero-order valence-electron chi connectivity index (χ0n) is 13.5. The molecule has 22 heavy (non-hydrogen) atoms. The van der Waals surface area contributed by atoms with E-state index in [-0.39, 0.29) is 22.8 Å². The Morgan fingerprint density at radius 2 is 1.82 bits per heavy atom. The molecule has 0 saturated heterocycles. The summed E-state index contributed by atoms with van der Waals surface area (Å²) in [6.07, 6.45) is 2.20. The first-order chi connectivity index (χ1) is 10.3. The summed E-state index contributed by atoms with van der Waals surface area (Å²) in [6.45, 7) is 9.33. The third-order valence-electron chi connectivity index (χ3n) is 4.27. The van der Waals surface area contributed by atoms with Crippen molar-refractivity contribution < 1.29 is 9.72 Å². The Morgan fingerprint density at radius 3 is 2.23 bits per heavy atom. The molecule has 120 valence electrons. The second-order valence-electron chi connectivity index (χ2n) is 5.61. The summed E-state index contributed by atoms with van der Waals surface area (Å²) < 4.78 is 0. The summed E-state index contributed by atoms with van der Waals surface area (Å²) in [6, 6.07) is 7.56. The Kier molecular flexibility index (Phi) is 6.28. The normalized spacial score (nSPS) is 11.0. The molecule has 0 saturated carbocycles. The molecule has 0 aliphatic carbocycles. The molecule has 0 heterocycles. The van der Waals surface area contributed by atoms with Gasteiger partial charge in [0, 0.05) is 28.0 Å². The topological polar surface area (TPSA) is 72.2 Å². The molecule has 1 N–H and O–H groups in total. The van der Waals surface area contributed by atoms with Crippen LogP contribution in [-0.4, -0.2) is 17.4 Å². The van der Waals surface area contributed by atoms with Crippen molar-refractivity contribution in [1.82, 2.24) is 0 Å². The van der Waals surface area contributed by atoms with Gasteiger partial charge in [-0.25, -0.2) is 0 Å². The minimum Gasteiger partial charge on any atom is -0.322 e. The van der Waals surface area contributed by atoms with Gasteiger partial charge in [-0.1, -0.05) is 32.6 Å². The summed E-state index contributed by atoms with van der Waals surface area (Å²) in [5.41, 5.74) is 2.04. The minimum absolute atomic E-state index is 0.0319. The van der Waals surface area contributed by atoms with E-state index in [0.29, 0.717) is 17.7 Å². The summed E-state index contributed by atoms with van der Waals surface area (Å²) in [4.78, 5) is 22.0. The number of amides is 1. The highest BCUT2D eigenvalue weighted by Gasteiger charge is 2.30. The summed E-state index contributed by atoms with van der Waals surface area (Å²) in [5, 5.41) is 13.5. The van der Waals surface area contributed by atoms with E-state index in [1.807, 2.05) is 24.3 Å². The van der Waals surface area contributed by atoms with Gasteiger partial charge in [0.25, 0.3) is 5.91 Å². The fourth-order valence-electron chi connectivity index (χ4n) is 2.61. The second kappa shape index (κ2) is 7.73. The van der Waals surface area contributed by atoms with Crippen molar-refractivity contribution in [2.75, 3.05) is 11.9 Å². The van der Waals surface area contributed by atoms with Crippen molar-refractivity contribution in [3.05, 3.63) is 52.1 Å². The van der Waals surface area contributed by atoms with Gasteiger partial charge in [-0.15, -0.1) is 0 Å². The van der Waals surface area contributed by atoms with Crippen molar-refractivity contribution in [3.8, 4) is 0 Å². The Balaban J connectivity index is 2.95. The molecule has 0 aromatic heterocycles. The SMILES string of the molecule is C=C(C)C(=O)Nc1ccc(C(CC)(CC)CC[N+](=O)[O-])cc1. The first-order valence-electron chi connectivity index (χ1n) is 7.54. The van der Waals surface area contributed by atoms with E-state index in [1.165, 1.54) is 0 Å². The Hall–Kier alpha value is -2.17. The fraction of sp³-hybridized carbons (Fsp3) is 0.471. The van der Waals surface area contributed by atoms with Crippen LogP contribution < -0.4 is 5.32 Å². The predicted octanol–water partition coefficient (Wildman–Crippen LogP) is 3.93. The average Bonchev–Trinajstić information content (AvgIpc) is 2.49. The van der Waals surface area contributed by atoms with Crippen molar-refractivity contribution in [3.63, 3.8) is 0 Å².